The third-order valence-corrected chi connectivity index (χ3v) is 5.72. The Morgan fingerprint density at radius 2 is 1.83 bits per heavy atom. The molecule has 9 heteroatoms. The van der Waals surface area contributed by atoms with Crippen molar-refractivity contribution in [1.82, 2.24) is 0 Å². The molecule has 0 bridgehead atoms. The number of anilines is 1. The maximum absolute atomic E-state index is 12.9. The molecule has 2 rings (SSSR count). The highest BCUT2D eigenvalue weighted by Crippen LogP contribution is 2.34. The summed E-state index contributed by atoms with van der Waals surface area (Å²) >= 11 is 9.01. The number of hydrogen-bond acceptors (Lipinski definition) is 4. The number of benzene rings is 2. The summed E-state index contributed by atoms with van der Waals surface area (Å²) < 4.78 is 26.9. The van der Waals surface area contributed by atoms with Crippen LogP contribution in [0, 0.1) is 17.0 Å². The molecule has 6 nitrogen and oxygen atoms in total. The van der Waals surface area contributed by atoms with Crippen LogP contribution in [0.4, 0.5) is 11.4 Å². The van der Waals surface area contributed by atoms with Gasteiger partial charge in [0.2, 0.25) is 0 Å². The van der Waals surface area contributed by atoms with E-state index in [2.05, 4.69) is 15.9 Å². The zero-order chi connectivity index (χ0) is 17.9. The lowest BCUT2D eigenvalue weighted by molar-refractivity contribution is -0.384. The molecule has 0 aliphatic rings. The predicted octanol–water partition coefficient (Wildman–Crippen LogP) is 4.15. The van der Waals surface area contributed by atoms with Crippen molar-refractivity contribution in [1.29, 1.82) is 0 Å². The normalized spacial score (nSPS) is 11.3. The lowest BCUT2D eigenvalue weighted by Gasteiger charge is -2.23. The summed E-state index contributed by atoms with van der Waals surface area (Å²) in [6, 6.07) is 10.2. The van der Waals surface area contributed by atoms with Gasteiger partial charge in [-0.15, -0.1) is 0 Å². The van der Waals surface area contributed by atoms with Gasteiger partial charge in [0.25, 0.3) is 15.7 Å². The minimum absolute atomic E-state index is 0.0237. The fraction of sp³-hybridized carbons (Fsp3) is 0.200. The number of nitrogens with zero attached hydrogens (tertiary/aromatic N) is 2. The highest BCUT2D eigenvalue weighted by Gasteiger charge is 2.30. The topological polar surface area (TPSA) is 80.5 Å². The molecule has 0 radical (unpaired) electrons. The Kier molecular flexibility index (Phi) is 5.84. The van der Waals surface area contributed by atoms with E-state index in [1.807, 2.05) is 6.92 Å². The van der Waals surface area contributed by atoms with E-state index < -0.39 is 14.9 Å². The Morgan fingerprint density at radius 1 is 1.21 bits per heavy atom. The molecule has 24 heavy (non-hydrogen) atoms. The van der Waals surface area contributed by atoms with Gasteiger partial charge >= 0.3 is 0 Å². The fourth-order valence-electron chi connectivity index (χ4n) is 2.14. The van der Waals surface area contributed by atoms with Crippen molar-refractivity contribution in [3.63, 3.8) is 0 Å². The van der Waals surface area contributed by atoms with E-state index in [9.17, 15) is 18.5 Å². The van der Waals surface area contributed by atoms with Gasteiger partial charge in [-0.25, -0.2) is 8.42 Å². The average molecular weight is 434 g/mol. The molecule has 0 saturated carbocycles. The smallest absolute Gasteiger partial charge is 0.259 e. The molecule has 0 heterocycles. The van der Waals surface area contributed by atoms with Gasteiger partial charge in [-0.05, 0) is 31.2 Å². The lowest BCUT2D eigenvalue weighted by Crippen LogP contribution is -2.33. The number of aryl methyl sites for hydroxylation is 1. The third kappa shape index (κ3) is 3.88. The van der Waals surface area contributed by atoms with Gasteiger partial charge in [0.05, 0.1) is 9.82 Å². The van der Waals surface area contributed by atoms with Crippen molar-refractivity contribution in [2.24, 2.45) is 0 Å². The highest BCUT2D eigenvalue weighted by atomic mass is 79.9. The first-order valence-electron chi connectivity index (χ1n) is 6.86. The van der Waals surface area contributed by atoms with Gasteiger partial charge in [0.15, 0.2) is 0 Å². The Morgan fingerprint density at radius 3 is 2.38 bits per heavy atom. The zero-order valence-corrected chi connectivity index (χ0v) is 15.8. The molecule has 2 aromatic carbocycles. The maximum Gasteiger partial charge on any atom is 0.295 e. The summed E-state index contributed by atoms with van der Waals surface area (Å²) in [4.78, 5) is 10.7. The number of alkyl halides is 1. The van der Waals surface area contributed by atoms with Gasteiger partial charge in [0, 0.05) is 23.0 Å². The molecule has 0 fully saturated rings. The van der Waals surface area contributed by atoms with Crippen LogP contribution < -0.4 is 4.31 Å². The number of hydrogen-bond donors (Lipinski definition) is 0. The molecule has 0 spiro atoms. The molecule has 0 N–H and O–H groups in total. The number of rotatable bonds is 6. The molecule has 128 valence electrons. The lowest BCUT2D eigenvalue weighted by atomic mass is 10.2. The second-order valence-corrected chi connectivity index (χ2v) is 8.06. The van der Waals surface area contributed by atoms with E-state index in [1.165, 1.54) is 24.3 Å². The van der Waals surface area contributed by atoms with E-state index in [4.69, 9.17) is 11.6 Å². The van der Waals surface area contributed by atoms with Crippen LogP contribution in [0.15, 0.2) is 47.4 Å². The van der Waals surface area contributed by atoms with Gasteiger partial charge in [0.1, 0.15) is 5.69 Å². The Hall–Kier alpha value is -1.64. The minimum atomic E-state index is -3.95. The van der Waals surface area contributed by atoms with Crippen molar-refractivity contribution < 1.29 is 13.3 Å². The average Bonchev–Trinajstić information content (AvgIpc) is 2.53. The van der Waals surface area contributed by atoms with E-state index >= 15 is 0 Å². The van der Waals surface area contributed by atoms with Gasteiger partial charge in [-0.2, -0.15) is 0 Å². The molecule has 0 aromatic heterocycles. The molecule has 0 saturated heterocycles. The molecular formula is C15H14BrClN2O4S. The molecule has 0 aliphatic heterocycles. The number of nitro groups is 1. The molecular weight excluding hydrogens is 420 g/mol. The Bertz CT molecular complexity index is 856. The summed E-state index contributed by atoms with van der Waals surface area (Å²) in [7, 11) is -3.95. The van der Waals surface area contributed by atoms with Crippen LogP contribution in [0.1, 0.15) is 5.56 Å². The van der Waals surface area contributed by atoms with E-state index in [-0.39, 0.29) is 27.8 Å². The summed E-state index contributed by atoms with van der Waals surface area (Å²) in [6.07, 6.45) is 0. The summed E-state index contributed by atoms with van der Waals surface area (Å²) in [5.74, 6) is 0. The summed E-state index contributed by atoms with van der Waals surface area (Å²) in [5.41, 5.74) is 0.530. The van der Waals surface area contributed by atoms with Crippen LogP contribution in [0.3, 0.4) is 0 Å². The number of sulfonamides is 1. The first-order chi connectivity index (χ1) is 11.3. The largest absolute Gasteiger partial charge is 0.295 e. The molecule has 2 aromatic rings. The second-order valence-electron chi connectivity index (χ2n) is 4.97. The fourth-order valence-corrected chi connectivity index (χ4v) is 4.37. The van der Waals surface area contributed by atoms with Crippen LogP contribution in [-0.2, 0) is 10.0 Å². The predicted molar refractivity (Wildman–Crippen MR) is 97.6 cm³/mol. The third-order valence-electron chi connectivity index (χ3n) is 3.30. The minimum Gasteiger partial charge on any atom is -0.259 e. The van der Waals surface area contributed by atoms with Gasteiger partial charge in [-0.1, -0.05) is 45.2 Å². The van der Waals surface area contributed by atoms with Crippen molar-refractivity contribution >= 4 is 48.9 Å². The maximum atomic E-state index is 12.9. The standard InChI is InChI=1S/C15H14BrClN2O4S/c1-11-2-5-13(6-3-11)24(22,23)18(9-8-16)14-7-4-12(17)10-15(14)19(20)21/h2-7,10H,8-9H2,1H3. The summed E-state index contributed by atoms with van der Waals surface area (Å²) in [6.45, 7) is 1.88. The van der Waals surface area contributed by atoms with Crippen LogP contribution in [-0.4, -0.2) is 25.2 Å². The van der Waals surface area contributed by atoms with Crippen molar-refractivity contribution in [3.05, 3.63) is 63.2 Å². The molecule has 0 aliphatic carbocycles. The first-order valence-corrected chi connectivity index (χ1v) is 9.80. The molecule has 0 atom stereocenters. The summed E-state index contributed by atoms with van der Waals surface area (Å²) in [5, 5.41) is 11.8. The van der Waals surface area contributed by atoms with E-state index in [0.717, 1.165) is 15.9 Å². The second kappa shape index (κ2) is 7.50. The van der Waals surface area contributed by atoms with E-state index in [1.54, 1.807) is 12.1 Å². The van der Waals surface area contributed by atoms with Crippen LogP contribution in [0.25, 0.3) is 0 Å². The first kappa shape index (κ1) is 18.7. The van der Waals surface area contributed by atoms with Crippen LogP contribution >= 0.6 is 27.5 Å². The zero-order valence-electron chi connectivity index (χ0n) is 12.6. The van der Waals surface area contributed by atoms with Gasteiger partial charge < -0.3 is 0 Å². The van der Waals surface area contributed by atoms with Crippen molar-refractivity contribution in [2.45, 2.75) is 11.8 Å². The van der Waals surface area contributed by atoms with Crippen LogP contribution in [0.5, 0.6) is 0 Å². The number of nitro benzene ring substituents is 1. The Balaban J connectivity index is 2.62. The van der Waals surface area contributed by atoms with E-state index in [0.29, 0.717) is 5.33 Å². The van der Waals surface area contributed by atoms with Crippen molar-refractivity contribution in [3.8, 4) is 0 Å². The van der Waals surface area contributed by atoms with Gasteiger partial charge in [-0.3, -0.25) is 14.4 Å². The monoisotopic (exact) mass is 432 g/mol. The Labute approximate surface area is 153 Å². The molecule has 0 amide bonds. The van der Waals surface area contributed by atoms with Crippen molar-refractivity contribution in [2.75, 3.05) is 16.2 Å². The highest BCUT2D eigenvalue weighted by molar-refractivity contribution is 9.09. The quantitative estimate of drug-likeness (QED) is 0.389. The number of halogens is 2. The SMILES string of the molecule is Cc1ccc(S(=O)(=O)N(CCBr)c2ccc(Cl)cc2[N+](=O)[O-])cc1. The molecule has 0 unspecified atom stereocenters. The van der Waals surface area contributed by atoms with Crippen LogP contribution in [0.2, 0.25) is 5.02 Å².